The Morgan fingerprint density at radius 3 is 0.850 bits per heavy atom. The normalized spacial score (nSPS) is 12.2. The lowest BCUT2D eigenvalue weighted by molar-refractivity contribution is 0.189. The molecule has 10 heteroatoms. The molecule has 40 heavy (non-hydrogen) atoms. The molecule has 0 saturated heterocycles. The van der Waals surface area contributed by atoms with Crippen molar-refractivity contribution in [3.63, 3.8) is 0 Å². The van der Waals surface area contributed by atoms with Crippen LogP contribution in [0.2, 0.25) is 0 Å². The molecule has 4 rings (SSSR count). The number of rotatable bonds is 15. The number of benzene rings is 4. The Morgan fingerprint density at radius 1 is 0.400 bits per heavy atom. The first-order valence-electron chi connectivity index (χ1n) is 12.8. The largest absolute Gasteiger partial charge is 0.339 e. The molecule has 0 aromatic heterocycles. The predicted molar refractivity (Wildman–Crippen MR) is 154 cm³/mol. The molecule has 4 aromatic carbocycles. The van der Waals surface area contributed by atoms with Crippen LogP contribution in [0.4, 0.5) is 0 Å². The van der Waals surface area contributed by atoms with E-state index in [1.54, 1.807) is 0 Å². The van der Waals surface area contributed by atoms with Crippen molar-refractivity contribution in [3.05, 3.63) is 144 Å². The molecule has 0 bridgehead atoms. The second-order valence-electron chi connectivity index (χ2n) is 9.04. The Labute approximate surface area is 236 Å². The number of nitrogens with zero attached hydrogens (tertiary/aromatic N) is 2. The lowest BCUT2D eigenvalue weighted by atomic mass is 10.2. The van der Waals surface area contributed by atoms with Crippen molar-refractivity contribution in [1.82, 2.24) is 8.61 Å². The van der Waals surface area contributed by atoms with Gasteiger partial charge in [0.15, 0.2) is 0 Å². The first-order valence-corrected chi connectivity index (χ1v) is 15.5. The van der Waals surface area contributed by atoms with Gasteiger partial charge in [-0.3, -0.25) is 8.37 Å². The van der Waals surface area contributed by atoms with Crippen LogP contribution in [0.25, 0.3) is 0 Å². The average molecular weight is 581 g/mol. The first-order chi connectivity index (χ1) is 19.3. The van der Waals surface area contributed by atoms with Gasteiger partial charge in [-0.25, -0.2) is 0 Å². The third kappa shape index (κ3) is 9.09. The van der Waals surface area contributed by atoms with E-state index in [4.69, 9.17) is 8.37 Å². The van der Waals surface area contributed by atoms with E-state index in [2.05, 4.69) is 0 Å². The van der Waals surface area contributed by atoms with E-state index in [1.807, 2.05) is 121 Å². The summed E-state index contributed by atoms with van der Waals surface area (Å²) in [6, 6.07) is 36.7. The summed E-state index contributed by atoms with van der Waals surface area (Å²) in [5, 5.41) is 0. The maximum atomic E-state index is 13.2. The minimum Gasteiger partial charge on any atom is -0.255 e. The van der Waals surface area contributed by atoms with Crippen LogP contribution in [0.3, 0.4) is 0 Å². The Morgan fingerprint density at radius 2 is 0.625 bits per heavy atom. The Hall–Kier alpha value is -3.38. The molecule has 0 atom stereocenters. The molecule has 0 aliphatic heterocycles. The summed E-state index contributed by atoms with van der Waals surface area (Å²) in [6.45, 7) is -0.547. The quantitative estimate of drug-likeness (QED) is 0.186. The smallest absolute Gasteiger partial charge is 0.255 e. The third-order valence-corrected chi connectivity index (χ3v) is 8.70. The zero-order valence-corrected chi connectivity index (χ0v) is 23.6. The Kier molecular flexibility index (Phi) is 10.6. The van der Waals surface area contributed by atoms with Gasteiger partial charge in [0.05, 0.1) is 13.2 Å². The van der Waals surface area contributed by atoms with E-state index in [-0.39, 0.29) is 26.2 Å². The van der Waals surface area contributed by atoms with Crippen LogP contribution in [0.5, 0.6) is 0 Å². The van der Waals surface area contributed by atoms with Gasteiger partial charge in [-0.2, -0.15) is 25.4 Å². The van der Waals surface area contributed by atoms with Gasteiger partial charge >= 0.3 is 20.6 Å². The molecule has 210 valence electrons. The fourth-order valence-corrected chi connectivity index (χ4v) is 6.09. The number of hydrogen-bond donors (Lipinski definition) is 0. The highest BCUT2D eigenvalue weighted by atomic mass is 32.2. The van der Waals surface area contributed by atoms with Crippen molar-refractivity contribution >= 4 is 20.6 Å². The molecule has 0 fully saturated rings. The molecule has 0 amide bonds. The summed E-state index contributed by atoms with van der Waals surface area (Å²) in [4.78, 5) is 0. The maximum Gasteiger partial charge on any atom is 0.339 e. The molecule has 4 aromatic rings. The zero-order chi connectivity index (χ0) is 28.3. The fourth-order valence-electron chi connectivity index (χ4n) is 4.00. The Balaban J connectivity index is 1.41. The molecule has 0 saturated carbocycles. The van der Waals surface area contributed by atoms with Gasteiger partial charge in [0.2, 0.25) is 0 Å². The highest BCUT2D eigenvalue weighted by Gasteiger charge is 2.26. The molecule has 0 radical (unpaired) electrons. The van der Waals surface area contributed by atoms with Gasteiger partial charge < -0.3 is 0 Å². The standard InChI is InChI=1S/C30H32N2O6S2/c33-39(34,31(23-27-13-5-1-6-14-27)24-28-15-7-2-8-16-28)37-21-22-38-40(35,36)32(25-29-17-9-3-10-18-29)26-30-19-11-4-12-20-30/h1-20H,21-26H2. The van der Waals surface area contributed by atoms with E-state index in [0.717, 1.165) is 22.3 Å². The van der Waals surface area contributed by atoms with Crippen LogP contribution in [-0.4, -0.2) is 38.7 Å². The monoisotopic (exact) mass is 580 g/mol. The van der Waals surface area contributed by atoms with Crippen molar-refractivity contribution in [2.45, 2.75) is 26.2 Å². The van der Waals surface area contributed by atoms with E-state index in [0.29, 0.717) is 0 Å². The number of hydrogen-bond acceptors (Lipinski definition) is 6. The maximum absolute atomic E-state index is 13.2. The molecule has 0 spiro atoms. The summed E-state index contributed by atoms with van der Waals surface area (Å²) >= 11 is 0. The fraction of sp³-hybridized carbons (Fsp3) is 0.200. The average Bonchev–Trinajstić information content (AvgIpc) is 2.97. The topological polar surface area (TPSA) is 93.2 Å². The summed E-state index contributed by atoms with van der Waals surface area (Å²) in [5.74, 6) is 0. The van der Waals surface area contributed by atoms with Crippen molar-refractivity contribution in [2.24, 2.45) is 0 Å². The SMILES string of the molecule is O=S(=O)(OCCOS(=O)(=O)N(Cc1ccccc1)Cc1ccccc1)N(Cc1ccccc1)Cc1ccccc1. The second kappa shape index (κ2) is 14.3. The molecule has 0 aliphatic rings. The van der Waals surface area contributed by atoms with Gasteiger partial charge in [-0.15, -0.1) is 0 Å². The van der Waals surface area contributed by atoms with Gasteiger partial charge in [0.25, 0.3) is 0 Å². The minimum absolute atomic E-state index is 0.0964. The van der Waals surface area contributed by atoms with Gasteiger partial charge in [-0.05, 0) is 22.3 Å². The first kappa shape index (κ1) is 29.6. The molecule has 8 nitrogen and oxygen atoms in total. The van der Waals surface area contributed by atoms with Crippen LogP contribution in [0.15, 0.2) is 121 Å². The van der Waals surface area contributed by atoms with Crippen LogP contribution in [0, 0.1) is 0 Å². The Bertz CT molecular complexity index is 1320. The van der Waals surface area contributed by atoms with E-state index in [1.165, 1.54) is 8.61 Å². The van der Waals surface area contributed by atoms with Crippen LogP contribution in [0.1, 0.15) is 22.3 Å². The summed E-state index contributed by atoms with van der Waals surface area (Å²) < 4.78 is 65.6. The molecule has 0 unspecified atom stereocenters. The molecular weight excluding hydrogens is 548 g/mol. The summed E-state index contributed by atoms with van der Waals surface area (Å²) in [7, 11) is -8.42. The lowest BCUT2D eigenvalue weighted by Gasteiger charge is -2.23. The summed E-state index contributed by atoms with van der Waals surface area (Å²) in [5.41, 5.74) is 3.17. The summed E-state index contributed by atoms with van der Waals surface area (Å²) in [6.07, 6.45) is 0. The van der Waals surface area contributed by atoms with Gasteiger partial charge in [0.1, 0.15) is 0 Å². The molecular formula is C30H32N2O6S2. The lowest BCUT2D eigenvalue weighted by Crippen LogP contribution is -2.34. The van der Waals surface area contributed by atoms with Crippen molar-refractivity contribution in [2.75, 3.05) is 13.2 Å². The van der Waals surface area contributed by atoms with E-state index in [9.17, 15) is 16.8 Å². The van der Waals surface area contributed by atoms with Crippen molar-refractivity contribution in [3.8, 4) is 0 Å². The van der Waals surface area contributed by atoms with E-state index < -0.39 is 33.8 Å². The van der Waals surface area contributed by atoms with E-state index >= 15 is 0 Å². The van der Waals surface area contributed by atoms with Crippen molar-refractivity contribution in [1.29, 1.82) is 0 Å². The zero-order valence-electron chi connectivity index (χ0n) is 22.0. The van der Waals surface area contributed by atoms with Crippen molar-refractivity contribution < 1.29 is 25.2 Å². The van der Waals surface area contributed by atoms with Crippen LogP contribution >= 0.6 is 0 Å². The van der Waals surface area contributed by atoms with Crippen LogP contribution < -0.4 is 0 Å². The van der Waals surface area contributed by atoms with Gasteiger partial charge in [0, 0.05) is 26.2 Å². The molecule has 0 N–H and O–H groups in total. The second-order valence-corrected chi connectivity index (χ2v) is 12.3. The molecule has 0 heterocycles. The predicted octanol–water partition coefficient (Wildman–Crippen LogP) is 4.91. The highest BCUT2D eigenvalue weighted by molar-refractivity contribution is 7.84. The molecule has 0 aliphatic carbocycles. The van der Waals surface area contributed by atoms with Crippen LogP contribution in [-0.2, 0) is 55.2 Å². The third-order valence-electron chi connectivity index (χ3n) is 5.99. The minimum atomic E-state index is -4.21. The highest BCUT2D eigenvalue weighted by Crippen LogP contribution is 2.18. The van der Waals surface area contributed by atoms with Gasteiger partial charge in [-0.1, -0.05) is 121 Å².